The van der Waals surface area contributed by atoms with Gasteiger partial charge in [-0.2, -0.15) is 0 Å². The van der Waals surface area contributed by atoms with Crippen LogP contribution in [0.5, 0.6) is 0 Å². The van der Waals surface area contributed by atoms with Gasteiger partial charge in [-0.1, -0.05) is 19.8 Å². The molecule has 0 aliphatic heterocycles. The summed E-state index contributed by atoms with van der Waals surface area (Å²) in [6.45, 7) is 3.81. The predicted octanol–water partition coefficient (Wildman–Crippen LogP) is 1.36. The molecule has 0 heterocycles. The maximum Gasteiger partial charge on any atom is 0.314 e. The highest BCUT2D eigenvalue weighted by molar-refractivity contribution is 5.73. The van der Waals surface area contributed by atoms with E-state index in [2.05, 4.69) is 17.6 Å². The van der Waals surface area contributed by atoms with Gasteiger partial charge >= 0.3 is 12.0 Å². The molecule has 0 radical (unpaired) electrons. The largest absolute Gasteiger partial charge is 0.481 e. The van der Waals surface area contributed by atoms with E-state index in [0.717, 1.165) is 0 Å². The fourth-order valence-corrected chi connectivity index (χ4v) is 2.26. The van der Waals surface area contributed by atoms with Crippen LogP contribution in [0.25, 0.3) is 0 Å². The molecular formula is C13H24N2O4. The van der Waals surface area contributed by atoms with E-state index in [9.17, 15) is 9.59 Å². The molecule has 0 aromatic carbocycles. The number of hydrogen-bond donors (Lipinski definition) is 3. The second-order valence-electron chi connectivity index (χ2n) is 5.38. The molecule has 0 aromatic heterocycles. The minimum atomic E-state index is -0.879. The van der Waals surface area contributed by atoms with Crippen molar-refractivity contribution in [2.75, 3.05) is 26.3 Å². The first-order chi connectivity index (χ1) is 9.02. The summed E-state index contributed by atoms with van der Waals surface area (Å²) in [5, 5.41) is 14.0. The van der Waals surface area contributed by atoms with Crippen molar-refractivity contribution in [2.45, 2.75) is 39.0 Å². The van der Waals surface area contributed by atoms with E-state index in [0.29, 0.717) is 19.7 Å². The van der Waals surface area contributed by atoms with Crippen molar-refractivity contribution in [3.05, 3.63) is 0 Å². The molecule has 0 saturated heterocycles. The maximum atomic E-state index is 11.5. The van der Waals surface area contributed by atoms with Gasteiger partial charge in [-0.3, -0.25) is 4.79 Å². The maximum absolute atomic E-state index is 11.5. The summed E-state index contributed by atoms with van der Waals surface area (Å²) in [7, 11) is 0. The van der Waals surface area contributed by atoms with E-state index < -0.39 is 5.97 Å². The number of ether oxygens (including phenoxy) is 1. The van der Waals surface area contributed by atoms with E-state index in [1.54, 1.807) is 0 Å². The Bertz CT molecular complexity index is 301. The van der Waals surface area contributed by atoms with Crippen molar-refractivity contribution in [1.29, 1.82) is 0 Å². The molecule has 2 amide bonds. The van der Waals surface area contributed by atoms with Crippen LogP contribution in [0.15, 0.2) is 0 Å². The average molecular weight is 272 g/mol. The van der Waals surface area contributed by atoms with Gasteiger partial charge in [-0.25, -0.2) is 4.79 Å². The van der Waals surface area contributed by atoms with Crippen LogP contribution < -0.4 is 10.6 Å². The van der Waals surface area contributed by atoms with Crippen LogP contribution in [0, 0.1) is 5.41 Å². The van der Waals surface area contributed by atoms with Crippen LogP contribution >= 0.6 is 0 Å². The van der Waals surface area contributed by atoms with Gasteiger partial charge in [0.05, 0.1) is 19.6 Å². The fourth-order valence-electron chi connectivity index (χ4n) is 2.26. The quantitative estimate of drug-likeness (QED) is 0.582. The lowest BCUT2D eigenvalue weighted by atomic mass is 9.89. The highest BCUT2D eigenvalue weighted by Crippen LogP contribution is 2.36. The van der Waals surface area contributed by atoms with Gasteiger partial charge in [0.15, 0.2) is 0 Å². The summed E-state index contributed by atoms with van der Waals surface area (Å²) in [5.41, 5.74) is 0.245. The zero-order valence-electron chi connectivity index (χ0n) is 11.5. The van der Waals surface area contributed by atoms with Crippen molar-refractivity contribution in [3.8, 4) is 0 Å². The van der Waals surface area contributed by atoms with Crippen molar-refractivity contribution >= 4 is 12.0 Å². The van der Waals surface area contributed by atoms with Gasteiger partial charge < -0.3 is 20.5 Å². The number of carboxylic acid groups (broad SMARTS) is 1. The zero-order chi connectivity index (χ0) is 14.1. The summed E-state index contributed by atoms with van der Waals surface area (Å²) in [5.74, 6) is -0.879. The smallest absolute Gasteiger partial charge is 0.314 e. The molecule has 0 aromatic rings. The number of amides is 2. The third kappa shape index (κ3) is 7.00. The third-order valence-corrected chi connectivity index (χ3v) is 3.48. The lowest BCUT2D eigenvalue weighted by Gasteiger charge is -2.23. The van der Waals surface area contributed by atoms with E-state index in [-0.39, 0.29) is 24.5 Å². The fraction of sp³-hybridized carbons (Fsp3) is 0.846. The average Bonchev–Trinajstić information content (AvgIpc) is 2.78. The topological polar surface area (TPSA) is 87.7 Å². The van der Waals surface area contributed by atoms with Crippen molar-refractivity contribution in [2.24, 2.45) is 5.41 Å². The van der Waals surface area contributed by atoms with Crippen molar-refractivity contribution in [3.63, 3.8) is 0 Å². The standard InChI is InChI=1S/C13H24N2O4/c1-13(5-2-3-6-13)10-15-12(18)14-7-9-19-8-4-11(16)17/h2-10H2,1H3,(H,16,17)(H2,14,15,18). The van der Waals surface area contributed by atoms with Gasteiger partial charge in [0.1, 0.15) is 0 Å². The van der Waals surface area contributed by atoms with Crippen LogP contribution in [0.2, 0.25) is 0 Å². The van der Waals surface area contributed by atoms with E-state index in [1.807, 2.05) is 0 Å². The Labute approximate surface area is 113 Å². The van der Waals surface area contributed by atoms with Gasteiger partial charge in [-0.15, -0.1) is 0 Å². The van der Waals surface area contributed by atoms with Crippen molar-refractivity contribution < 1.29 is 19.4 Å². The molecule has 19 heavy (non-hydrogen) atoms. The first-order valence-electron chi connectivity index (χ1n) is 6.83. The summed E-state index contributed by atoms with van der Waals surface area (Å²) < 4.78 is 5.07. The Morgan fingerprint density at radius 3 is 2.53 bits per heavy atom. The van der Waals surface area contributed by atoms with Gasteiger partial charge in [0, 0.05) is 13.1 Å². The van der Waals surface area contributed by atoms with Crippen molar-refractivity contribution in [1.82, 2.24) is 10.6 Å². The first-order valence-corrected chi connectivity index (χ1v) is 6.83. The number of rotatable bonds is 8. The normalized spacial score (nSPS) is 17.1. The first kappa shape index (κ1) is 15.8. The number of carbonyl (C=O) groups excluding carboxylic acids is 1. The molecule has 0 spiro atoms. The summed E-state index contributed by atoms with van der Waals surface area (Å²) in [4.78, 5) is 21.7. The molecule has 1 fully saturated rings. The highest BCUT2D eigenvalue weighted by Gasteiger charge is 2.28. The molecule has 6 nitrogen and oxygen atoms in total. The third-order valence-electron chi connectivity index (χ3n) is 3.48. The summed E-state index contributed by atoms with van der Waals surface area (Å²) >= 11 is 0. The van der Waals surface area contributed by atoms with Crippen LogP contribution in [0.1, 0.15) is 39.0 Å². The second kappa shape index (κ2) is 7.99. The van der Waals surface area contributed by atoms with Crippen LogP contribution in [0.3, 0.4) is 0 Å². The van der Waals surface area contributed by atoms with Gasteiger partial charge in [0.2, 0.25) is 0 Å². The molecule has 1 aliphatic rings. The van der Waals surface area contributed by atoms with Gasteiger partial charge in [-0.05, 0) is 18.3 Å². The molecule has 0 unspecified atom stereocenters. The minimum Gasteiger partial charge on any atom is -0.481 e. The monoisotopic (exact) mass is 272 g/mol. The second-order valence-corrected chi connectivity index (χ2v) is 5.38. The number of aliphatic carboxylic acids is 1. The molecule has 0 atom stereocenters. The van der Waals surface area contributed by atoms with E-state index in [1.165, 1.54) is 25.7 Å². The molecule has 1 aliphatic carbocycles. The summed E-state index contributed by atoms with van der Waals surface area (Å²) in [6, 6.07) is -0.185. The molecule has 1 saturated carbocycles. The number of carbonyl (C=O) groups is 2. The molecule has 0 bridgehead atoms. The number of urea groups is 1. The molecule has 1 rings (SSSR count). The summed E-state index contributed by atoms with van der Waals surface area (Å²) in [6.07, 6.45) is 4.83. The number of nitrogens with one attached hydrogen (secondary N) is 2. The molecular weight excluding hydrogens is 248 g/mol. The predicted molar refractivity (Wildman–Crippen MR) is 71.0 cm³/mol. The lowest BCUT2D eigenvalue weighted by Crippen LogP contribution is -2.41. The Kier molecular flexibility index (Phi) is 6.62. The number of carboxylic acids is 1. The SMILES string of the molecule is CC1(CNC(=O)NCCOCCC(=O)O)CCCC1. The Hall–Kier alpha value is -1.30. The Balaban J connectivity index is 1.97. The highest BCUT2D eigenvalue weighted by atomic mass is 16.5. The Morgan fingerprint density at radius 1 is 1.21 bits per heavy atom. The van der Waals surface area contributed by atoms with E-state index >= 15 is 0 Å². The molecule has 6 heteroatoms. The van der Waals surface area contributed by atoms with Crippen LogP contribution in [0.4, 0.5) is 4.79 Å². The molecule has 3 N–H and O–H groups in total. The van der Waals surface area contributed by atoms with Crippen LogP contribution in [-0.4, -0.2) is 43.4 Å². The van der Waals surface area contributed by atoms with Gasteiger partial charge in [0.25, 0.3) is 0 Å². The number of hydrogen-bond acceptors (Lipinski definition) is 3. The van der Waals surface area contributed by atoms with Crippen LogP contribution in [-0.2, 0) is 9.53 Å². The van der Waals surface area contributed by atoms with E-state index in [4.69, 9.17) is 9.84 Å². The zero-order valence-corrected chi connectivity index (χ0v) is 11.5. The molecule has 110 valence electrons. The Morgan fingerprint density at radius 2 is 1.89 bits per heavy atom. The minimum absolute atomic E-state index is 0.00937. The lowest BCUT2D eigenvalue weighted by molar-refractivity contribution is -0.138.